The summed E-state index contributed by atoms with van der Waals surface area (Å²) in [5, 5.41) is 3.36. The van der Waals surface area contributed by atoms with Crippen LogP contribution in [0.4, 0.5) is 5.69 Å². The summed E-state index contributed by atoms with van der Waals surface area (Å²) in [5.41, 5.74) is 1.33. The van der Waals surface area contributed by atoms with Crippen molar-refractivity contribution in [2.45, 2.75) is 53.6 Å². The number of rotatable bonds is 7. The zero-order valence-electron chi connectivity index (χ0n) is 20.7. The van der Waals surface area contributed by atoms with E-state index >= 15 is 0 Å². The molecule has 2 aromatic heterocycles. The van der Waals surface area contributed by atoms with E-state index in [4.69, 9.17) is 9.72 Å². The van der Waals surface area contributed by atoms with Gasteiger partial charge in [-0.25, -0.2) is 9.78 Å². The number of carbonyl (C=O) groups is 2. The van der Waals surface area contributed by atoms with Gasteiger partial charge in [0.1, 0.15) is 17.2 Å². The summed E-state index contributed by atoms with van der Waals surface area (Å²) in [6.07, 6.45) is 2.21. The Balaban J connectivity index is 1.65. The Bertz CT molecular complexity index is 1300. The largest absolute Gasteiger partial charge is 0.462 e. The van der Waals surface area contributed by atoms with Gasteiger partial charge in [0.05, 0.1) is 29.8 Å². The second-order valence-electron chi connectivity index (χ2n) is 9.16. The average Bonchev–Trinajstić information content (AvgIpc) is 3.11. The monoisotopic (exact) mass is 496 g/mol. The number of fused-ring (bicyclic) bond motifs is 1. The van der Waals surface area contributed by atoms with Crippen LogP contribution >= 0.6 is 11.3 Å². The SMILES string of the molecule is CCOC(=O)c1ccccc1NC(=O)Cn1c(CN2CCC(C)CC2)nc2sc(C)c(C)c2c1=O. The Morgan fingerprint density at radius 3 is 2.63 bits per heavy atom. The van der Waals surface area contributed by atoms with E-state index in [1.165, 1.54) is 15.9 Å². The van der Waals surface area contributed by atoms with Gasteiger partial charge in [0.25, 0.3) is 5.56 Å². The summed E-state index contributed by atoms with van der Waals surface area (Å²) in [6.45, 7) is 10.3. The van der Waals surface area contributed by atoms with E-state index in [-0.39, 0.29) is 24.3 Å². The highest BCUT2D eigenvalue weighted by atomic mass is 32.1. The molecule has 0 atom stereocenters. The maximum atomic E-state index is 13.6. The van der Waals surface area contributed by atoms with Gasteiger partial charge in [-0.2, -0.15) is 0 Å². The molecule has 3 heterocycles. The number of ether oxygens (including phenoxy) is 1. The van der Waals surface area contributed by atoms with Crippen LogP contribution in [0, 0.1) is 19.8 Å². The smallest absolute Gasteiger partial charge is 0.340 e. The minimum atomic E-state index is -0.506. The van der Waals surface area contributed by atoms with Gasteiger partial charge in [-0.1, -0.05) is 19.1 Å². The number of amides is 1. The van der Waals surface area contributed by atoms with Gasteiger partial charge < -0.3 is 10.1 Å². The quantitative estimate of drug-likeness (QED) is 0.495. The molecular formula is C26H32N4O4S. The van der Waals surface area contributed by atoms with Crippen LogP contribution in [0.5, 0.6) is 0 Å². The standard InChI is InChI=1S/C26H32N4O4S/c1-5-34-26(33)19-8-6-7-9-20(19)27-22(31)15-30-21(14-29-12-10-16(2)11-13-29)28-24-23(25(30)32)17(3)18(4)35-24/h6-9,16H,5,10-15H2,1-4H3,(H,27,31). The van der Waals surface area contributed by atoms with Crippen molar-refractivity contribution in [3.63, 3.8) is 0 Å². The molecule has 9 heteroatoms. The molecule has 1 saturated heterocycles. The molecule has 0 bridgehead atoms. The summed E-state index contributed by atoms with van der Waals surface area (Å²) in [4.78, 5) is 47.9. The first-order valence-corrected chi connectivity index (χ1v) is 12.9. The third-order valence-corrected chi connectivity index (χ3v) is 7.71. The van der Waals surface area contributed by atoms with Gasteiger partial charge in [0, 0.05) is 4.88 Å². The molecule has 1 aliphatic heterocycles. The number of likely N-dealkylation sites (tertiary alicyclic amines) is 1. The number of aromatic nitrogens is 2. The van der Waals surface area contributed by atoms with Crippen molar-refractivity contribution in [3.8, 4) is 0 Å². The fourth-order valence-corrected chi connectivity index (χ4v) is 5.42. The molecule has 8 nitrogen and oxygen atoms in total. The van der Waals surface area contributed by atoms with Gasteiger partial charge in [0.2, 0.25) is 5.91 Å². The van der Waals surface area contributed by atoms with Crippen LogP contribution in [0.15, 0.2) is 29.1 Å². The van der Waals surface area contributed by atoms with Crippen LogP contribution in [-0.4, -0.2) is 46.0 Å². The molecule has 0 spiro atoms. The molecule has 1 N–H and O–H groups in total. The van der Waals surface area contributed by atoms with Crippen LogP contribution in [0.3, 0.4) is 0 Å². The number of para-hydroxylation sites is 1. The van der Waals surface area contributed by atoms with E-state index in [0.717, 1.165) is 41.2 Å². The third-order valence-electron chi connectivity index (χ3n) is 6.61. The Morgan fingerprint density at radius 2 is 1.91 bits per heavy atom. The van der Waals surface area contributed by atoms with Gasteiger partial charge in [-0.05, 0) is 70.3 Å². The normalized spacial score (nSPS) is 14.9. The highest BCUT2D eigenvalue weighted by Crippen LogP contribution is 2.27. The van der Waals surface area contributed by atoms with Gasteiger partial charge in [-0.3, -0.25) is 19.1 Å². The van der Waals surface area contributed by atoms with E-state index in [1.807, 2.05) is 13.8 Å². The van der Waals surface area contributed by atoms with E-state index in [0.29, 0.717) is 29.4 Å². The number of aryl methyl sites for hydroxylation is 2. The van der Waals surface area contributed by atoms with Crippen molar-refractivity contribution in [1.82, 2.24) is 14.5 Å². The number of anilines is 1. The number of nitrogens with zero attached hydrogens (tertiary/aromatic N) is 3. The average molecular weight is 497 g/mol. The van der Waals surface area contributed by atoms with Crippen molar-refractivity contribution in [2.24, 2.45) is 5.92 Å². The Kier molecular flexibility index (Phi) is 7.66. The zero-order chi connectivity index (χ0) is 25.1. The molecule has 0 unspecified atom stereocenters. The minimum absolute atomic E-state index is 0.188. The van der Waals surface area contributed by atoms with Crippen LogP contribution in [0.2, 0.25) is 0 Å². The first kappa shape index (κ1) is 25.1. The number of piperidine rings is 1. The number of thiophene rings is 1. The number of carbonyl (C=O) groups excluding carboxylic acids is 2. The lowest BCUT2D eigenvalue weighted by molar-refractivity contribution is -0.116. The Morgan fingerprint density at radius 1 is 1.20 bits per heavy atom. The van der Waals surface area contributed by atoms with Gasteiger partial charge in [-0.15, -0.1) is 11.3 Å². The molecule has 0 aliphatic carbocycles. The van der Waals surface area contributed by atoms with Crippen molar-refractivity contribution in [3.05, 3.63) is 56.4 Å². The third kappa shape index (κ3) is 5.46. The number of esters is 1. The second-order valence-corrected chi connectivity index (χ2v) is 10.4. The summed E-state index contributed by atoms with van der Waals surface area (Å²) in [6, 6.07) is 6.70. The van der Waals surface area contributed by atoms with Crippen LogP contribution in [0.1, 0.15) is 53.3 Å². The van der Waals surface area contributed by atoms with Crippen LogP contribution < -0.4 is 10.9 Å². The predicted molar refractivity (Wildman–Crippen MR) is 138 cm³/mol. The number of hydrogen-bond acceptors (Lipinski definition) is 7. The summed E-state index contributed by atoms with van der Waals surface area (Å²) < 4.78 is 6.59. The zero-order valence-corrected chi connectivity index (χ0v) is 21.5. The summed E-state index contributed by atoms with van der Waals surface area (Å²) in [7, 11) is 0. The molecule has 1 amide bonds. The maximum Gasteiger partial charge on any atom is 0.340 e. The lowest BCUT2D eigenvalue weighted by atomic mass is 9.99. The molecule has 0 saturated carbocycles. The lowest BCUT2D eigenvalue weighted by Gasteiger charge is -2.30. The molecule has 3 aromatic rings. The number of hydrogen-bond donors (Lipinski definition) is 1. The molecular weight excluding hydrogens is 464 g/mol. The molecule has 0 radical (unpaired) electrons. The molecule has 1 fully saturated rings. The van der Waals surface area contributed by atoms with Crippen molar-refractivity contribution in [1.29, 1.82) is 0 Å². The first-order valence-electron chi connectivity index (χ1n) is 12.1. The molecule has 1 aromatic carbocycles. The molecule has 4 rings (SSSR count). The van der Waals surface area contributed by atoms with Crippen molar-refractivity contribution >= 4 is 39.1 Å². The minimum Gasteiger partial charge on any atom is -0.462 e. The topological polar surface area (TPSA) is 93.5 Å². The summed E-state index contributed by atoms with van der Waals surface area (Å²) in [5.74, 6) is 0.375. The maximum absolute atomic E-state index is 13.6. The van der Waals surface area contributed by atoms with Gasteiger partial charge >= 0.3 is 5.97 Å². The fraction of sp³-hybridized carbons (Fsp3) is 0.462. The highest BCUT2D eigenvalue weighted by Gasteiger charge is 2.23. The Labute approximate surface area is 208 Å². The van der Waals surface area contributed by atoms with E-state index in [9.17, 15) is 14.4 Å². The van der Waals surface area contributed by atoms with Gasteiger partial charge in [0.15, 0.2) is 0 Å². The van der Waals surface area contributed by atoms with E-state index in [2.05, 4.69) is 17.1 Å². The molecule has 1 aliphatic rings. The second kappa shape index (κ2) is 10.7. The fourth-order valence-electron chi connectivity index (χ4n) is 4.39. The van der Waals surface area contributed by atoms with Crippen molar-refractivity contribution < 1.29 is 14.3 Å². The van der Waals surface area contributed by atoms with E-state index < -0.39 is 11.9 Å². The predicted octanol–water partition coefficient (Wildman–Crippen LogP) is 4.12. The molecule has 35 heavy (non-hydrogen) atoms. The first-order chi connectivity index (χ1) is 16.8. The Hall–Kier alpha value is -3.04. The van der Waals surface area contributed by atoms with Crippen molar-refractivity contribution in [2.75, 3.05) is 25.0 Å². The van der Waals surface area contributed by atoms with E-state index in [1.54, 1.807) is 31.2 Å². The molecule has 186 valence electrons. The highest BCUT2D eigenvalue weighted by molar-refractivity contribution is 7.18. The number of benzene rings is 1. The van der Waals surface area contributed by atoms with Crippen LogP contribution in [0.25, 0.3) is 10.2 Å². The lowest BCUT2D eigenvalue weighted by Crippen LogP contribution is -2.37. The van der Waals surface area contributed by atoms with Crippen LogP contribution in [-0.2, 0) is 22.6 Å². The number of nitrogens with one attached hydrogen (secondary N) is 1. The summed E-state index contributed by atoms with van der Waals surface area (Å²) >= 11 is 1.51.